The molecule has 4 nitrogen and oxygen atoms in total. The molecule has 0 aliphatic heterocycles. The van der Waals surface area contributed by atoms with Crippen molar-refractivity contribution in [2.24, 2.45) is 11.7 Å². The Hall–Kier alpha value is -1.86. The first-order valence-electron chi connectivity index (χ1n) is 6.62. The molecule has 2 N–H and O–H groups in total. The minimum Gasteiger partial charge on any atom is -0.330 e. The van der Waals surface area contributed by atoms with Crippen LogP contribution in [-0.4, -0.2) is 23.9 Å². The number of nitriles is 1. The van der Waals surface area contributed by atoms with E-state index in [4.69, 9.17) is 11.0 Å². The highest BCUT2D eigenvalue weighted by Gasteiger charge is 2.22. The Kier molecular flexibility index (Phi) is 6.62. The molecule has 1 aromatic rings. The fourth-order valence-corrected chi connectivity index (χ4v) is 2.05. The van der Waals surface area contributed by atoms with E-state index >= 15 is 0 Å². The second-order valence-corrected chi connectivity index (χ2v) is 4.56. The average Bonchev–Trinajstić information content (AvgIpc) is 2.44. The van der Waals surface area contributed by atoms with E-state index in [1.54, 1.807) is 4.90 Å². The Morgan fingerprint density at radius 1 is 1.42 bits per heavy atom. The lowest BCUT2D eigenvalue weighted by molar-refractivity contribution is -0.135. The van der Waals surface area contributed by atoms with E-state index in [-0.39, 0.29) is 18.4 Å². The number of hydrogen-bond acceptors (Lipinski definition) is 3. The topological polar surface area (TPSA) is 70.1 Å². The molecule has 1 unspecified atom stereocenters. The fourth-order valence-electron chi connectivity index (χ4n) is 2.05. The third kappa shape index (κ3) is 4.72. The van der Waals surface area contributed by atoms with Crippen LogP contribution in [0.2, 0.25) is 0 Å². The van der Waals surface area contributed by atoms with E-state index in [0.717, 1.165) is 18.4 Å². The molecule has 0 fully saturated rings. The van der Waals surface area contributed by atoms with Crippen molar-refractivity contribution in [3.63, 3.8) is 0 Å². The van der Waals surface area contributed by atoms with Gasteiger partial charge in [0, 0.05) is 13.1 Å². The van der Waals surface area contributed by atoms with E-state index in [1.807, 2.05) is 37.3 Å². The van der Waals surface area contributed by atoms with Gasteiger partial charge in [0.05, 0.1) is 12.0 Å². The van der Waals surface area contributed by atoms with E-state index in [0.29, 0.717) is 13.1 Å². The molecule has 1 rings (SSSR count). The third-order valence-corrected chi connectivity index (χ3v) is 3.06. The Balaban J connectivity index is 2.76. The Morgan fingerprint density at radius 2 is 2.11 bits per heavy atom. The monoisotopic (exact) mass is 259 g/mol. The molecular weight excluding hydrogens is 238 g/mol. The summed E-state index contributed by atoms with van der Waals surface area (Å²) in [5.41, 5.74) is 6.68. The van der Waals surface area contributed by atoms with E-state index < -0.39 is 0 Å². The number of benzene rings is 1. The van der Waals surface area contributed by atoms with Gasteiger partial charge in [0.1, 0.15) is 6.54 Å². The van der Waals surface area contributed by atoms with Gasteiger partial charge in [-0.3, -0.25) is 4.79 Å². The molecule has 19 heavy (non-hydrogen) atoms. The van der Waals surface area contributed by atoms with Crippen LogP contribution in [0.15, 0.2) is 30.3 Å². The summed E-state index contributed by atoms with van der Waals surface area (Å²) >= 11 is 0. The maximum absolute atomic E-state index is 12.4. The third-order valence-electron chi connectivity index (χ3n) is 3.06. The van der Waals surface area contributed by atoms with E-state index in [9.17, 15) is 4.79 Å². The van der Waals surface area contributed by atoms with Crippen molar-refractivity contribution in [3.05, 3.63) is 35.9 Å². The van der Waals surface area contributed by atoms with Crippen LogP contribution in [0.4, 0.5) is 0 Å². The van der Waals surface area contributed by atoms with Gasteiger partial charge < -0.3 is 10.6 Å². The molecule has 1 amide bonds. The van der Waals surface area contributed by atoms with Crippen LogP contribution in [0.5, 0.6) is 0 Å². The molecule has 0 saturated carbocycles. The lowest BCUT2D eigenvalue weighted by Crippen LogP contribution is -2.39. The largest absolute Gasteiger partial charge is 0.330 e. The predicted octanol–water partition coefficient (Wildman–Crippen LogP) is 1.91. The van der Waals surface area contributed by atoms with Crippen LogP contribution >= 0.6 is 0 Å². The number of hydrogen-bond donors (Lipinski definition) is 1. The quantitative estimate of drug-likeness (QED) is 0.760. The summed E-state index contributed by atoms with van der Waals surface area (Å²) < 4.78 is 0. The van der Waals surface area contributed by atoms with Crippen LogP contribution in [0, 0.1) is 17.2 Å². The van der Waals surface area contributed by atoms with Crippen LogP contribution in [0.1, 0.15) is 25.3 Å². The van der Waals surface area contributed by atoms with Gasteiger partial charge in [-0.25, -0.2) is 0 Å². The van der Waals surface area contributed by atoms with Gasteiger partial charge in [-0.2, -0.15) is 5.26 Å². The molecule has 1 atom stereocenters. The molecule has 102 valence electrons. The smallest absolute Gasteiger partial charge is 0.228 e. The summed E-state index contributed by atoms with van der Waals surface area (Å²) in [6.45, 7) is 2.94. The molecule has 0 heterocycles. The van der Waals surface area contributed by atoms with Gasteiger partial charge in [-0.1, -0.05) is 43.7 Å². The zero-order valence-electron chi connectivity index (χ0n) is 11.4. The minimum atomic E-state index is -0.179. The number of nitrogens with zero attached hydrogens (tertiary/aromatic N) is 2. The van der Waals surface area contributed by atoms with E-state index in [2.05, 4.69) is 6.07 Å². The Labute approximate surface area is 114 Å². The van der Waals surface area contributed by atoms with Gasteiger partial charge in [0.2, 0.25) is 5.91 Å². The lowest BCUT2D eigenvalue weighted by Gasteiger charge is -2.24. The molecule has 4 heteroatoms. The second kappa shape index (κ2) is 8.28. The van der Waals surface area contributed by atoms with Crippen molar-refractivity contribution in [3.8, 4) is 6.07 Å². The summed E-state index contributed by atoms with van der Waals surface area (Å²) in [5.74, 6) is -0.197. The Bertz CT molecular complexity index is 425. The maximum Gasteiger partial charge on any atom is 0.228 e. The minimum absolute atomic E-state index is 0.0187. The molecule has 0 aliphatic carbocycles. The van der Waals surface area contributed by atoms with Crippen molar-refractivity contribution >= 4 is 5.91 Å². The number of rotatable bonds is 7. The van der Waals surface area contributed by atoms with Crippen molar-refractivity contribution in [1.82, 2.24) is 4.90 Å². The first-order chi connectivity index (χ1) is 9.22. The second-order valence-electron chi connectivity index (χ2n) is 4.56. The van der Waals surface area contributed by atoms with Crippen LogP contribution in [0.3, 0.4) is 0 Å². The first kappa shape index (κ1) is 15.2. The van der Waals surface area contributed by atoms with E-state index in [1.165, 1.54) is 0 Å². The highest BCUT2D eigenvalue weighted by atomic mass is 16.2. The van der Waals surface area contributed by atoms with Crippen LogP contribution < -0.4 is 5.73 Å². The molecule has 0 aliphatic rings. The Morgan fingerprint density at radius 3 is 2.63 bits per heavy atom. The van der Waals surface area contributed by atoms with Gasteiger partial charge >= 0.3 is 0 Å². The van der Waals surface area contributed by atoms with Crippen LogP contribution in [-0.2, 0) is 11.3 Å². The molecular formula is C15H21N3O. The van der Waals surface area contributed by atoms with Crippen molar-refractivity contribution in [1.29, 1.82) is 5.26 Å². The predicted molar refractivity (Wildman–Crippen MR) is 74.9 cm³/mol. The summed E-state index contributed by atoms with van der Waals surface area (Å²) in [4.78, 5) is 13.9. The molecule has 1 aromatic carbocycles. The number of carbonyl (C=O) groups is 1. The number of carbonyl (C=O) groups excluding carboxylic acids is 1. The lowest BCUT2D eigenvalue weighted by atomic mass is 10.0. The molecule has 0 bridgehead atoms. The van der Waals surface area contributed by atoms with Crippen LogP contribution in [0.25, 0.3) is 0 Å². The van der Waals surface area contributed by atoms with Gasteiger partial charge in [-0.05, 0) is 12.0 Å². The number of nitrogens with two attached hydrogens (primary N) is 1. The maximum atomic E-state index is 12.4. The van der Waals surface area contributed by atoms with Gasteiger partial charge in [0.15, 0.2) is 0 Å². The highest BCUT2D eigenvalue weighted by Crippen LogP contribution is 2.12. The molecule has 0 radical (unpaired) electrons. The molecule has 0 spiro atoms. The summed E-state index contributed by atoms with van der Waals surface area (Å²) in [6.07, 6.45) is 1.69. The zero-order valence-corrected chi connectivity index (χ0v) is 11.4. The summed E-state index contributed by atoms with van der Waals surface area (Å²) in [5, 5.41) is 8.87. The molecule has 0 saturated heterocycles. The summed E-state index contributed by atoms with van der Waals surface area (Å²) in [6, 6.07) is 11.7. The number of amides is 1. The van der Waals surface area contributed by atoms with Gasteiger partial charge in [-0.15, -0.1) is 0 Å². The normalized spacial score (nSPS) is 11.6. The standard InChI is InChI=1S/C15H21N3O/c1-2-6-14(11-17)15(19)18(10-9-16)12-13-7-4-3-5-8-13/h3-5,7-8,14H,2,6,10-12,17H2,1H3. The van der Waals surface area contributed by atoms with Crippen molar-refractivity contribution in [2.75, 3.05) is 13.1 Å². The highest BCUT2D eigenvalue weighted by molar-refractivity contribution is 5.79. The fraction of sp³-hybridized carbons (Fsp3) is 0.467. The average molecular weight is 259 g/mol. The van der Waals surface area contributed by atoms with Crippen molar-refractivity contribution in [2.45, 2.75) is 26.3 Å². The molecule has 0 aromatic heterocycles. The van der Waals surface area contributed by atoms with Crippen molar-refractivity contribution < 1.29 is 4.79 Å². The van der Waals surface area contributed by atoms with Gasteiger partial charge in [0.25, 0.3) is 0 Å². The zero-order chi connectivity index (χ0) is 14.1. The SMILES string of the molecule is CCCC(CN)C(=O)N(CC#N)Cc1ccccc1. The first-order valence-corrected chi connectivity index (χ1v) is 6.62. The summed E-state index contributed by atoms with van der Waals surface area (Å²) in [7, 11) is 0.